The summed E-state index contributed by atoms with van der Waals surface area (Å²) < 4.78 is 32.3. The van der Waals surface area contributed by atoms with E-state index in [0.717, 1.165) is 28.4 Å². The van der Waals surface area contributed by atoms with Crippen LogP contribution in [-0.4, -0.2) is 68.7 Å². The van der Waals surface area contributed by atoms with Crippen LogP contribution in [0.1, 0.15) is 22.8 Å². The number of pyridine rings is 1. The molecule has 1 fully saturated rings. The molecular formula is C27H32N6O4S. The zero-order valence-corrected chi connectivity index (χ0v) is 22.5. The average molecular weight is 537 g/mol. The van der Waals surface area contributed by atoms with Crippen molar-refractivity contribution in [2.24, 2.45) is 0 Å². The van der Waals surface area contributed by atoms with Gasteiger partial charge in [-0.1, -0.05) is 12.1 Å². The van der Waals surface area contributed by atoms with E-state index < -0.39 is 10.0 Å². The summed E-state index contributed by atoms with van der Waals surface area (Å²) in [5, 5.41) is 9.38. The van der Waals surface area contributed by atoms with Crippen molar-refractivity contribution >= 4 is 44.5 Å². The number of benzene rings is 2. The molecule has 2 aliphatic rings. The number of sulfonamides is 1. The molecule has 10 nitrogen and oxygen atoms in total. The molecule has 38 heavy (non-hydrogen) atoms. The summed E-state index contributed by atoms with van der Waals surface area (Å²) in [5.41, 5.74) is 4.81. The smallest absolute Gasteiger partial charge is 0.253 e. The summed E-state index contributed by atoms with van der Waals surface area (Å²) in [6, 6.07) is 15.1. The molecule has 0 spiro atoms. The molecule has 0 bridgehead atoms. The van der Waals surface area contributed by atoms with E-state index in [1.807, 2.05) is 49.4 Å². The molecular weight excluding hydrogens is 504 g/mol. The lowest BCUT2D eigenvalue weighted by atomic mass is 10.1. The maximum Gasteiger partial charge on any atom is 0.253 e. The van der Waals surface area contributed by atoms with Crippen molar-refractivity contribution in [3.05, 3.63) is 65.9 Å². The highest BCUT2D eigenvalue weighted by molar-refractivity contribution is 7.89. The second-order valence-corrected chi connectivity index (χ2v) is 11.6. The Labute approximate surface area is 223 Å². The van der Waals surface area contributed by atoms with Crippen molar-refractivity contribution < 1.29 is 17.9 Å². The molecule has 11 heteroatoms. The highest BCUT2D eigenvalue weighted by Gasteiger charge is 2.36. The minimum absolute atomic E-state index is 0.0125. The summed E-state index contributed by atoms with van der Waals surface area (Å²) in [5.74, 6) is 1.34. The molecule has 3 aromatic rings. The van der Waals surface area contributed by atoms with Crippen LogP contribution in [0.15, 0.2) is 54.7 Å². The summed E-state index contributed by atoms with van der Waals surface area (Å²) in [4.78, 5) is 19.0. The van der Waals surface area contributed by atoms with Crippen LogP contribution in [0.2, 0.25) is 0 Å². The van der Waals surface area contributed by atoms with Gasteiger partial charge in [-0.3, -0.25) is 4.79 Å². The Bertz CT molecular complexity index is 1460. The lowest BCUT2D eigenvalue weighted by Gasteiger charge is -2.45. The number of amides is 1. The van der Waals surface area contributed by atoms with E-state index in [-0.39, 0.29) is 17.7 Å². The predicted octanol–water partition coefficient (Wildman–Crippen LogP) is 3.47. The van der Waals surface area contributed by atoms with Crippen molar-refractivity contribution in [1.29, 1.82) is 0 Å². The van der Waals surface area contributed by atoms with Gasteiger partial charge in [0.1, 0.15) is 18.2 Å². The summed E-state index contributed by atoms with van der Waals surface area (Å²) in [6.45, 7) is 5.58. The Morgan fingerprint density at radius 1 is 1.11 bits per heavy atom. The molecule has 0 radical (unpaired) electrons. The van der Waals surface area contributed by atoms with Gasteiger partial charge >= 0.3 is 0 Å². The SMILES string of the molecule is CCS(=O)(=O)N1CCN2c3ccc(Nc4cc(Nc5ccccc5C(=O)NC)c(C)cn4)cc3OCC2C1. The van der Waals surface area contributed by atoms with Gasteiger partial charge in [-0.2, -0.15) is 4.31 Å². The third-order valence-electron chi connectivity index (χ3n) is 6.95. The average Bonchev–Trinajstić information content (AvgIpc) is 2.94. The number of hydrogen-bond acceptors (Lipinski definition) is 8. The second-order valence-electron chi connectivity index (χ2n) is 9.36. The van der Waals surface area contributed by atoms with E-state index in [2.05, 4.69) is 25.8 Å². The Balaban J connectivity index is 1.32. The quantitative estimate of drug-likeness (QED) is 0.421. The molecule has 1 atom stereocenters. The van der Waals surface area contributed by atoms with E-state index in [0.29, 0.717) is 43.3 Å². The van der Waals surface area contributed by atoms with E-state index in [4.69, 9.17) is 4.74 Å². The monoisotopic (exact) mass is 536 g/mol. The van der Waals surface area contributed by atoms with Gasteiger partial charge in [0.25, 0.3) is 5.91 Å². The number of fused-ring (bicyclic) bond motifs is 3. The van der Waals surface area contributed by atoms with Crippen molar-refractivity contribution in [3.8, 4) is 5.75 Å². The molecule has 3 heterocycles. The van der Waals surface area contributed by atoms with Crippen LogP contribution in [0.3, 0.4) is 0 Å². The Hall–Kier alpha value is -3.83. The predicted molar refractivity (Wildman–Crippen MR) is 149 cm³/mol. The summed E-state index contributed by atoms with van der Waals surface area (Å²) in [7, 11) is -1.61. The number of aromatic nitrogens is 1. The normalized spacial score (nSPS) is 17.1. The van der Waals surface area contributed by atoms with Crippen molar-refractivity contribution in [3.63, 3.8) is 0 Å². The molecule has 2 aromatic carbocycles. The first-order valence-corrected chi connectivity index (χ1v) is 14.2. The second kappa shape index (κ2) is 10.5. The molecule has 1 unspecified atom stereocenters. The van der Waals surface area contributed by atoms with E-state index in [1.54, 1.807) is 30.5 Å². The fraction of sp³-hybridized carbons (Fsp3) is 0.333. The number of carbonyl (C=O) groups is 1. The van der Waals surface area contributed by atoms with Crippen LogP contribution in [0.25, 0.3) is 0 Å². The largest absolute Gasteiger partial charge is 0.489 e. The number of carbonyl (C=O) groups excluding carboxylic acids is 1. The Morgan fingerprint density at radius 3 is 2.71 bits per heavy atom. The number of hydrogen-bond donors (Lipinski definition) is 3. The number of piperazine rings is 1. The first kappa shape index (κ1) is 25.8. The number of rotatable bonds is 7. The first-order chi connectivity index (χ1) is 18.3. The van der Waals surface area contributed by atoms with Gasteiger partial charge in [-0.05, 0) is 43.7 Å². The van der Waals surface area contributed by atoms with Crippen LogP contribution in [0.5, 0.6) is 5.75 Å². The van der Waals surface area contributed by atoms with Crippen molar-refractivity contribution in [1.82, 2.24) is 14.6 Å². The Kier molecular flexibility index (Phi) is 7.13. The van der Waals surface area contributed by atoms with Crippen LogP contribution in [-0.2, 0) is 10.0 Å². The lowest BCUT2D eigenvalue weighted by molar-refractivity contribution is 0.0964. The number of aryl methyl sites for hydroxylation is 1. The number of para-hydroxylation sites is 1. The molecule has 3 N–H and O–H groups in total. The van der Waals surface area contributed by atoms with Gasteiger partial charge < -0.3 is 25.6 Å². The molecule has 200 valence electrons. The molecule has 5 rings (SSSR count). The first-order valence-electron chi connectivity index (χ1n) is 12.6. The van der Waals surface area contributed by atoms with Gasteiger partial charge in [-0.15, -0.1) is 0 Å². The number of nitrogens with zero attached hydrogens (tertiary/aromatic N) is 3. The minimum Gasteiger partial charge on any atom is -0.489 e. The fourth-order valence-electron chi connectivity index (χ4n) is 4.80. The van der Waals surface area contributed by atoms with Gasteiger partial charge in [0.15, 0.2) is 0 Å². The van der Waals surface area contributed by atoms with Gasteiger partial charge in [0, 0.05) is 56.4 Å². The van der Waals surface area contributed by atoms with Crippen LogP contribution in [0.4, 0.5) is 28.6 Å². The fourth-order valence-corrected chi connectivity index (χ4v) is 5.92. The van der Waals surface area contributed by atoms with Gasteiger partial charge in [0.05, 0.1) is 28.7 Å². The molecule has 1 aromatic heterocycles. The lowest BCUT2D eigenvalue weighted by Crippen LogP contribution is -2.58. The maximum absolute atomic E-state index is 12.3. The molecule has 1 amide bonds. The van der Waals surface area contributed by atoms with Gasteiger partial charge in [0.2, 0.25) is 10.0 Å². The van der Waals surface area contributed by atoms with Crippen LogP contribution in [0, 0.1) is 6.92 Å². The third-order valence-corrected chi connectivity index (χ3v) is 8.80. The van der Waals surface area contributed by atoms with Gasteiger partial charge in [-0.25, -0.2) is 13.4 Å². The van der Waals surface area contributed by atoms with E-state index in [9.17, 15) is 13.2 Å². The highest BCUT2D eigenvalue weighted by Crippen LogP contribution is 2.38. The molecule has 0 aliphatic carbocycles. The van der Waals surface area contributed by atoms with Crippen molar-refractivity contribution in [2.45, 2.75) is 19.9 Å². The van der Waals surface area contributed by atoms with Crippen LogP contribution < -0.4 is 25.6 Å². The number of anilines is 5. The Morgan fingerprint density at radius 2 is 1.92 bits per heavy atom. The summed E-state index contributed by atoms with van der Waals surface area (Å²) >= 11 is 0. The number of ether oxygens (including phenoxy) is 1. The zero-order valence-electron chi connectivity index (χ0n) is 21.7. The van der Waals surface area contributed by atoms with Crippen molar-refractivity contribution in [2.75, 3.05) is 54.6 Å². The standard InChI is InChI=1S/C27H32N6O4S/c1-4-38(35,36)32-11-12-33-20(16-32)17-37-25-13-19(9-10-24(25)33)30-26-14-23(18(2)15-29-26)31-22-8-6-5-7-21(22)27(34)28-3/h5-10,13-15,20H,4,11-12,16-17H2,1-3H3,(H,28,34)(H2,29,30,31). The van der Waals surface area contributed by atoms with E-state index in [1.165, 1.54) is 0 Å². The third kappa shape index (κ3) is 5.11. The molecule has 2 aliphatic heterocycles. The number of nitrogens with one attached hydrogen (secondary N) is 3. The topological polar surface area (TPSA) is 116 Å². The van der Waals surface area contributed by atoms with Crippen LogP contribution >= 0.6 is 0 Å². The van der Waals surface area contributed by atoms with E-state index >= 15 is 0 Å². The summed E-state index contributed by atoms with van der Waals surface area (Å²) in [6.07, 6.45) is 1.77. The molecule has 1 saturated heterocycles. The minimum atomic E-state index is -3.22. The zero-order chi connectivity index (χ0) is 26.9. The molecule has 0 saturated carbocycles. The highest BCUT2D eigenvalue weighted by atomic mass is 32.2. The maximum atomic E-state index is 12.3.